The average molecular weight is 480 g/mol. The molecule has 0 aliphatic heterocycles. The van der Waals surface area contributed by atoms with Crippen molar-refractivity contribution in [1.82, 2.24) is 20.2 Å². The van der Waals surface area contributed by atoms with E-state index in [0.717, 1.165) is 22.3 Å². The third-order valence-electron chi connectivity index (χ3n) is 5.29. The summed E-state index contributed by atoms with van der Waals surface area (Å²) in [5, 5.41) is 11.4. The predicted octanol–water partition coefficient (Wildman–Crippen LogP) is 5.66. The third-order valence-corrected chi connectivity index (χ3v) is 5.53. The zero-order chi connectivity index (χ0) is 24.2. The summed E-state index contributed by atoms with van der Waals surface area (Å²) in [4.78, 5) is 33.9. The van der Waals surface area contributed by atoms with Crippen molar-refractivity contribution in [2.75, 3.05) is 5.32 Å². The molecule has 5 rings (SSSR count). The van der Waals surface area contributed by atoms with Crippen molar-refractivity contribution in [2.24, 2.45) is 0 Å². The molecule has 0 saturated heterocycles. The highest BCUT2D eigenvalue weighted by molar-refractivity contribution is 6.31. The van der Waals surface area contributed by atoms with Gasteiger partial charge in [0.15, 0.2) is 5.78 Å². The Balaban J connectivity index is 1.35. The van der Waals surface area contributed by atoms with E-state index >= 15 is 0 Å². The summed E-state index contributed by atoms with van der Waals surface area (Å²) in [6, 6.07) is 20.9. The number of nitrogens with zero attached hydrogens (tertiary/aromatic N) is 3. The molecule has 0 radical (unpaired) electrons. The molecule has 0 bridgehead atoms. The number of halogens is 1. The molecule has 2 aromatic carbocycles. The fourth-order valence-electron chi connectivity index (χ4n) is 3.58. The van der Waals surface area contributed by atoms with E-state index in [0.29, 0.717) is 21.8 Å². The molecule has 0 atom stereocenters. The summed E-state index contributed by atoms with van der Waals surface area (Å²) < 4.78 is 0. The number of carbonyl (C=O) groups excluding carboxylic acids is 2. The van der Waals surface area contributed by atoms with Gasteiger partial charge >= 0.3 is 0 Å². The number of benzene rings is 2. The Hall–Kier alpha value is -4.62. The largest absolute Gasteiger partial charge is 0.321 e. The topological polar surface area (TPSA) is 101 Å². The van der Waals surface area contributed by atoms with Crippen LogP contribution in [0.2, 0.25) is 5.02 Å². The van der Waals surface area contributed by atoms with E-state index in [2.05, 4.69) is 25.5 Å². The van der Waals surface area contributed by atoms with Gasteiger partial charge in [-0.15, -0.1) is 0 Å². The molecule has 3 aromatic heterocycles. The molecule has 5 aromatic rings. The number of carbonyl (C=O) groups is 2. The normalized spacial score (nSPS) is 11.1. The quantitative estimate of drug-likeness (QED) is 0.306. The second-order valence-corrected chi connectivity index (χ2v) is 8.12. The van der Waals surface area contributed by atoms with Crippen LogP contribution < -0.4 is 5.32 Å². The molecule has 170 valence electrons. The molecule has 8 heteroatoms. The minimum atomic E-state index is -0.415. The highest BCUT2D eigenvalue weighted by Gasteiger charge is 2.14. The van der Waals surface area contributed by atoms with Crippen LogP contribution in [0.1, 0.15) is 37.8 Å². The number of nitrogens with one attached hydrogen (secondary N) is 2. The lowest BCUT2D eigenvalue weighted by atomic mass is 10.0. The Morgan fingerprint density at radius 1 is 0.857 bits per heavy atom. The van der Waals surface area contributed by atoms with E-state index < -0.39 is 5.91 Å². The molecule has 35 heavy (non-hydrogen) atoms. The van der Waals surface area contributed by atoms with E-state index in [1.54, 1.807) is 48.7 Å². The monoisotopic (exact) mass is 479 g/mol. The predicted molar refractivity (Wildman–Crippen MR) is 136 cm³/mol. The smallest absolute Gasteiger partial charge is 0.274 e. The summed E-state index contributed by atoms with van der Waals surface area (Å²) in [5.74, 6) is -0.591. The summed E-state index contributed by atoms with van der Waals surface area (Å²) >= 11 is 5.94. The second kappa shape index (κ2) is 9.70. The van der Waals surface area contributed by atoms with Crippen LogP contribution in [0, 0.1) is 0 Å². The third kappa shape index (κ3) is 5.00. The number of hydrogen-bond donors (Lipinski definition) is 2. The number of pyridine rings is 2. The van der Waals surface area contributed by atoms with Crippen LogP contribution in [0.25, 0.3) is 23.1 Å². The zero-order valence-corrected chi connectivity index (χ0v) is 19.0. The lowest BCUT2D eigenvalue weighted by Gasteiger charge is -2.07. The van der Waals surface area contributed by atoms with Gasteiger partial charge in [-0.2, -0.15) is 5.10 Å². The first kappa shape index (κ1) is 22.2. The van der Waals surface area contributed by atoms with E-state index in [4.69, 9.17) is 11.6 Å². The first-order chi connectivity index (χ1) is 17.1. The van der Waals surface area contributed by atoms with Crippen LogP contribution in [-0.4, -0.2) is 31.9 Å². The van der Waals surface area contributed by atoms with Crippen molar-refractivity contribution < 1.29 is 9.59 Å². The van der Waals surface area contributed by atoms with Gasteiger partial charge in [-0.3, -0.25) is 24.7 Å². The Morgan fingerprint density at radius 3 is 2.57 bits per heavy atom. The van der Waals surface area contributed by atoms with Crippen LogP contribution in [0.5, 0.6) is 0 Å². The van der Waals surface area contributed by atoms with Crippen LogP contribution in [0.15, 0.2) is 85.2 Å². The Bertz CT molecular complexity index is 1580. The summed E-state index contributed by atoms with van der Waals surface area (Å²) in [6.07, 6.45) is 6.95. The fraction of sp³-hybridized carbons (Fsp3) is 0. The lowest BCUT2D eigenvalue weighted by molar-refractivity contribution is 0.101. The number of aromatic nitrogens is 4. The van der Waals surface area contributed by atoms with Gasteiger partial charge in [0.05, 0.1) is 16.9 Å². The zero-order valence-electron chi connectivity index (χ0n) is 18.3. The van der Waals surface area contributed by atoms with Crippen LogP contribution >= 0.6 is 11.6 Å². The van der Waals surface area contributed by atoms with Gasteiger partial charge in [-0.1, -0.05) is 35.9 Å². The molecule has 7 nitrogen and oxygen atoms in total. The van der Waals surface area contributed by atoms with Gasteiger partial charge < -0.3 is 5.32 Å². The molecule has 0 unspecified atom stereocenters. The van der Waals surface area contributed by atoms with E-state index in [1.807, 2.05) is 36.4 Å². The number of amides is 1. The molecule has 0 saturated carbocycles. The highest BCUT2D eigenvalue weighted by atomic mass is 35.5. The van der Waals surface area contributed by atoms with Crippen LogP contribution in [-0.2, 0) is 0 Å². The van der Waals surface area contributed by atoms with Gasteiger partial charge in [-0.05, 0) is 60.7 Å². The number of anilines is 1. The summed E-state index contributed by atoms with van der Waals surface area (Å²) in [6.45, 7) is 0. The van der Waals surface area contributed by atoms with Gasteiger partial charge in [0.1, 0.15) is 5.69 Å². The van der Waals surface area contributed by atoms with Gasteiger partial charge in [0.2, 0.25) is 0 Å². The number of hydrogen-bond acceptors (Lipinski definition) is 5. The van der Waals surface area contributed by atoms with E-state index in [1.165, 1.54) is 12.3 Å². The molecule has 2 N–H and O–H groups in total. The molecule has 1 amide bonds. The maximum atomic E-state index is 13.2. The number of H-pyrrole nitrogens is 1. The Kier molecular flexibility index (Phi) is 6.15. The summed E-state index contributed by atoms with van der Waals surface area (Å²) in [7, 11) is 0. The van der Waals surface area contributed by atoms with Crippen molar-refractivity contribution in [2.45, 2.75) is 0 Å². The minimum absolute atomic E-state index is 0.177. The Labute approximate surface area is 205 Å². The van der Waals surface area contributed by atoms with E-state index in [9.17, 15) is 9.59 Å². The standard InChI is InChI=1S/C27H18ClN5O2/c28-19-11-13-30-25(16-19)27(35)31-21-6-3-4-17(14-21)26(34)18-7-9-22-23(32-33-24(22)15-18)10-8-20-5-1-2-12-29-20/h1-16H,(H,31,35)(H,32,33)/b10-8+. The maximum Gasteiger partial charge on any atom is 0.274 e. The molecular formula is C27H18ClN5O2. The van der Waals surface area contributed by atoms with Gasteiger partial charge in [0, 0.05) is 39.6 Å². The minimum Gasteiger partial charge on any atom is -0.321 e. The fourth-order valence-corrected chi connectivity index (χ4v) is 3.74. The molecular weight excluding hydrogens is 462 g/mol. The highest BCUT2D eigenvalue weighted by Crippen LogP contribution is 2.22. The molecule has 0 spiro atoms. The van der Waals surface area contributed by atoms with Gasteiger partial charge in [-0.25, -0.2) is 0 Å². The average Bonchev–Trinajstić information content (AvgIpc) is 3.30. The lowest BCUT2D eigenvalue weighted by Crippen LogP contribution is -2.14. The van der Waals surface area contributed by atoms with Crippen LogP contribution in [0.3, 0.4) is 0 Å². The molecule has 0 fully saturated rings. The number of fused-ring (bicyclic) bond motifs is 1. The van der Waals surface area contributed by atoms with E-state index in [-0.39, 0.29) is 11.5 Å². The molecule has 3 heterocycles. The van der Waals surface area contributed by atoms with Crippen molar-refractivity contribution in [1.29, 1.82) is 0 Å². The Morgan fingerprint density at radius 2 is 1.74 bits per heavy atom. The van der Waals surface area contributed by atoms with Gasteiger partial charge in [0.25, 0.3) is 5.91 Å². The first-order valence-corrected chi connectivity index (χ1v) is 11.1. The maximum absolute atomic E-state index is 13.2. The molecule has 0 aliphatic rings. The summed E-state index contributed by atoms with van der Waals surface area (Å²) in [5.41, 5.74) is 3.93. The first-order valence-electron chi connectivity index (χ1n) is 10.7. The number of rotatable bonds is 6. The van der Waals surface area contributed by atoms with Crippen LogP contribution in [0.4, 0.5) is 5.69 Å². The molecule has 0 aliphatic carbocycles. The number of ketones is 1. The van der Waals surface area contributed by atoms with Crippen molar-refractivity contribution in [3.8, 4) is 0 Å². The van der Waals surface area contributed by atoms with Crippen molar-refractivity contribution in [3.05, 3.63) is 118 Å². The van der Waals surface area contributed by atoms with Crippen molar-refractivity contribution in [3.63, 3.8) is 0 Å². The number of aromatic amines is 1. The van der Waals surface area contributed by atoms with Crippen molar-refractivity contribution >= 4 is 52.0 Å². The second-order valence-electron chi connectivity index (χ2n) is 7.68. The SMILES string of the molecule is O=C(c1cccc(NC(=O)c2cc(Cl)ccn2)c1)c1ccc2c(/C=C/c3ccccn3)n[nH]c2c1.